The van der Waals surface area contributed by atoms with Gasteiger partial charge >= 0.3 is 7.12 Å². The highest BCUT2D eigenvalue weighted by atomic mass is 16.7. The van der Waals surface area contributed by atoms with Crippen LogP contribution in [0, 0.1) is 12.8 Å². The molecule has 2 aromatic heterocycles. The summed E-state index contributed by atoms with van der Waals surface area (Å²) in [5.74, 6) is 0.287. The quantitative estimate of drug-likeness (QED) is 0.554. The Hall–Kier alpha value is -2.96. The van der Waals surface area contributed by atoms with Crippen molar-refractivity contribution in [2.75, 3.05) is 0 Å². The van der Waals surface area contributed by atoms with E-state index in [4.69, 9.17) is 19.3 Å². The first-order chi connectivity index (χ1) is 16.2. The summed E-state index contributed by atoms with van der Waals surface area (Å²) >= 11 is 0. The van der Waals surface area contributed by atoms with Crippen LogP contribution in [0.4, 0.5) is 0 Å². The second-order valence-electron chi connectivity index (χ2n) is 10.5. The highest BCUT2D eigenvalue weighted by Gasteiger charge is 2.51. The van der Waals surface area contributed by atoms with Crippen molar-refractivity contribution in [3.8, 4) is 0 Å². The molecule has 3 aliphatic rings. The Kier molecular flexibility index (Phi) is 4.61. The van der Waals surface area contributed by atoms with E-state index in [0.29, 0.717) is 0 Å². The van der Waals surface area contributed by atoms with E-state index in [1.165, 1.54) is 0 Å². The van der Waals surface area contributed by atoms with Gasteiger partial charge in [0.2, 0.25) is 0 Å². The second kappa shape index (κ2) is 7.27. The van der Waals surface area contributed by atoms with Crippen molar-refractivity contribution in [1.82, 2.24) is 9.38 Å². The molecule has 0 N–H and O–H groups in total. The molecule has 1 atom stereocenters. The van der Waals surface area contributed by atoms with E-state index in [0.717, 1.165) is 56.1 Å². The fraction of sp³-hybridized carbons (Fsp3) is 0.357. The van der Waals surface area contributed by atoms with Crippen LogP contribution in [0.15, 0.2) is 53.2 Å². The molecule has 34 heavy (non-hydrogen) atoms. The van der Waals surface area contributed by atoms with E-state index >= 15 is 0 Å². The smallest absolute Gasteiger partial charge is 0.399 e. The van der Waals surface area contributed by atoms with Crippen LogP contribution < -0.4 is 16.0 Å². The van der Waals surface area contributed by atoms with Crippen LogP contribution in [-0.4, -0.2) is 27.7 Å². The van der Waals surface area contributed by atoms with Gasteiger partial charge in [0.25, 0.3) is 0 Å². The van der Waals surface area contributed by atoms with Gasteiger partial charge in [-0.2, -0.15) is 0 Å². The van der Waals surface area contributed by atoms with Gasteiger partial charge in [-0.15, -0.1) is 0 Å². The molecule has 172 valence electrons. The summed E-state index contributed by atoms with van der Waals surface area (Å²) in [5, 5.41) is 3.24. The first-order valence-corrected chi connectivity index (χ1v) is 12.1. The number of aryl methyl sites for hydroxylation is 1. The van der Waals surface area contributed by atoms with Crippen LogP contribution >= 0.6 is 0 Å². The minimum absolute atomic E-state index is 0.287. The van der Waals surface area contributed by atoms with Crippen molar-refractivity contribution in [2.24, 2.45) is 10.9 Å². The zero-order valence-electron chi connectivity index (χ0n) is 20.7. The molecule has 0 spiro atoms. The molecule has 6 heteroatoms. The predicted molar refractivity (Wildman–Crippen MR) is 138 cm³/mol. The monoisotopic (exact) mass is 451 g/mol. The largest absolute Gasteiger partial charge is 0.494 e. The van der Waals surface area contributed by atoms with Gasteiger partial charge in [-0.25, -0.2) is 9.98 Å². The normalized spacial score (nSPS) is 22.6. The minimum atomic E-state index is -0.408. The molecule has 5 nitrogen and oxygen atoms in total. The highest BCUT2D eigenvalue weighted by molar-refractivity contribution is 6.62. The zero-order chi connectivity index (χ0) is 23.8. The van der Waals surface area contributed by atoms with Crippen molar-refractivity contribution in [2.45, 2.75) is 59.2 Å². The lowest BCUT2D eigenvalue weighted by atomic mass is 9.78. The van der Waals surface area contributed by atoms with Gasteiger partial charge in [0.15, 0.2) is 5.65 Å². The molecule has 1 saturated heterocycles. The maximum atomic E-state index is 6.38. The zero-order valence-corrected chi connectivity index (χ0v) is 20.7. The number of nitrogens with zero attached hydrogens (tertiary/aromatic N) is 3. The lowest BCUT2D eigenvalue weighted by Gasteiger charge is -2.32. The molecular weight excluding hydrogens is 421 g/mol. The molecule has 1 aromatic carbocycles. The van der Waals surface area contributed by atoms with Crippen LogP contribution in [-0.2, 0) is 9.31 Å². The number of allylic oxidation sites excluding steroid dienone is 5. The Morgan fingerprint density at radius 2 is 1.91 bits per heavy atom. The summed E-state index contributed by atoms with van der Waals surface area (Å²) in [6, 6.07) is 6.53. The maximum Gasteiger partial charge on any atom is 0.494 e. The number of hydrogen-bond acceptors (Lipinski definition) is 4. The van der Waals surface area contributed by atoms with Crippen molar-refractivity contribution in [1.29, 1.82) is 0 Å². The molecule has 6 rings (SSSR count). The summed E-state index contributed by atoms with van der Waals surface area (Å²) in [6.07, 6.45) is 14.0. The number of hydrogen-bond donors (Lipinski definition) is 0. The van der Waals surface area contributed by atoms with E-state index in [9.17, 15) is 0 Å². The first kappa shape index (κ1) is 21.6. The lowest BCUT2D eigenvalue weighted by molar-refractivity contribution is 0.00578. The molecule has 0 saturated carbocycles. The fourth-order valence-corrected chi connectivity index (χ4v) is 5.15. The molecule has 1 fully saturated rings. The average Bonchev–Trinajstić information content (AvgIpc) is 3.24. The van der Waals surface area contributed by atoms with Gasteiger partial charge in [-0.3, -0.25) is 4.40 Å². The Bertz CT molecular complexity index is 1560. The van der Waals surface area contributed by atoms with Gasteiger partial charge in [0.1, 0.15) is 5.36 Å². The van der Waals surface area contributed by atoms with Gasteiger partial charge in [-0.1, -0.05) is 36.4 Å². The van der Waals surface area contributed by atoms with Gasteiger partial charge < -0.3 is 9.31 Å². The topological polar surface area (TPSA) is 48.1 Å². The SMILES string of the molecule is C/C=C\c1c(C)nc2c3c(c4cc(B5OC(C)(C)C(C)(C)O5)ccc4n12)=CC1CC=CC=C1N=3. The second-order valence-corrected chi connectivity index (χ2v) is 10.5. The molecule has 4 heterocycles. The number of fused-ring (bicyclic) bond motifs is 7. The minimum Gasteiger partial charge on any atom is -0.399 e. The maximum absolute atomic E-state index is 6.38. The van der Waals surface area contributed by atoms with Crippen molar-refractivity contribution < 1.29 is 9.31 Å². The van der Waals surface area contributed by atoms with E-state index in [1.54, 1.807) is 0 Å². The number of imidazole rings is 1. The standard InChI is InChI=1S/C28H30BN3O2/c1-7-10-23-17(2)30-26-25-21(15-18-11-8-9-12-22(18)31-25)20-16-19(13-14-24(20)32(23)26)29-33-27(3,4)28(5,6)34-29/h7-10,12-16,18H,11H2,1-6H3/b10-7-. The third-order valence-corrected chi connectivity index (χ3v) is 7.75. The molecule has 0 bridgehead atoms. The van der Waals surface area contributed by atoms with Gasteiger partial charge in [-0.05, 0) is 71.6 Å². The third kappa shape index (κ3) is 3.02. The first-order valence-electron chi connectivity index (χ1n) is 12.1. The van der Waals surface area contributed by atoms with Crippen molar-refractivity contribution >= 4 is 41.3 Å². The number of pyridine rings is 1. The Labute approximate surface area is 200 Å². The van der Waals surface area contributed by atoms with Gasteiger partial charge in [0.05, 0.1) is 28.1 Å². The molecule has 2 aliphatic heterocycles. The number of benzene rings is 1. The highest BCUT2D eigenvalue weighted by Crippen LogP contribution is 2.36. The lowest BCUT2D eigenvalue weighted by Crippen LogP contribution is -2.41. The summed E-state index contributed by atoms with van der Waals surface area (Å²) in [5.41, 5.74) is 5.47. The Morgan fingerprint density at radius 3 is 2.65 bits per heavy atom. The third-order valence-electron chi connectivity index (χ3n) is 7.75. The molecule has 1 aliphatic carbocycles. The van der Waals surface area contributed by atoms with Crippen LogP contribution in [0.5, 0.6) is 0 Å². The fourth-order valence-electron chi connectivity index (χ4n) is 5.15. The Morgan fingerprint density at radius 1 is 1.15 bits per heavy atom. The summed E-state index contributed by atoms with van der Waals surface area (Å²) in [4.78, 5) is 10.1. The molecule has 0 amide bonds. The van der Waals surface area contributed by atoms with Gasteiger partial charge in [0, 0.05) is 22.2 Å². The summed E-state index contributed by atoms with van der Waals surface area (Å²) < 4.78 is 15.0. The van der Waals surface area contributed by atoms with E-state index in [1.807, 2.05) is 6.92 Å². The Balaban J connectivity index is 1.68. The predicted octanol–water partition coefficient (Wildman–Crippen LogP) is 4.00. The van der Waals surface area contributed by atoms with E-state index in [-0.39, 0.29) is 17.1 Å². The van der Waals surface area contributed by atoms with Crippen molar-refractivity contribution in [3.05, 3.63) is 70.2 Å². The van der Waals surface area contributed by atoms with Crippen LogP contribution in [0.1, 0.15) is 52.4 Å². The van der Waals surface area contributed by atoms with Crippen LogP contribution in [0.25, 0.3) is 28.7 Å². The summed E-state index contributed by atoms with van der Waals surface area (Å²) in [6.45, 7) is 12.5. The van der Waals surface area contributed by atoms with Crippen LogP contribution in [0.2, 0.25) is 0 Å². The molecular formula is C28H30BN3O2. The molecule has 0 radical (unpaired) electrons. The van der Waals surface area contributed by atoms with Crippen molar-refractivity contribution in [3.63, 3.8) is 0 Å². The van der Waals surface area contributed by atoms with E-state index < -0.39 is 7.12 Å². The molecule has 1 unspecified atom stereocenters. The average molecular weight is 451 g/mol. The molecule has 3 aromatic rings. The summed E-state index contributed by atoms with van der Waals surface area (Å²) in [7, 11) is -0.408. The number of aromatic nitrogens is 2. The van der Waals surface area contributed by atoms with Crippen LogP contribution in [0.3, 0.4) is 0 Å². The van der Waals surface area contributed by atoms with E-state index in [2.05, 4.69) is 93.7 Å². The number of rotatable bonds is 2.